The van der Waals surface area contributed by atoms with Crippen LogP contribution in [-0.2, 0) is 11.3 Å². The molecule has 1 rings (SSSR count). The van der Waals surface area contributed by atoms with E-state index in [4.69, 9.17) is 9.47 Å². The second-order valence-electron chi connectivity index (χ2n) is 3.37. The number of benzene rings is 1. The zero-order valence-corrected chi connectivity index (χ0v) is 9.87. The molecule has 0 fully saturated rings. The molecular weight excluding hydrogens is 206 g/mol. The molecule has 0 aliphatic heterocycles. The number of likely N-dealkylation sites (N-methyl/N-ethyl adjacent to an activating group) is 1. The summed E-state index contributed by atoms with van der Waals surface area (Å²) in [5.74, 6) is 0.720. The Balaban J connectivity index is 3.10. The van der Waals surface area contributed by atoms with Crippen molar-refractivity contribution in [2.24, 2.45) is 0 Å². The Hall–Kier alpha value is -1.39. The average molecular weight is 223 g/mol. The van der Waals surface area contributed by atoms with Gasteiger partial charge in [0.15, 0.2) is 5.78 Å². The average Bonchev–Trinajstić information content (AvgIpc) is 2.30. The molecule has 0 unspecified atom stereocenters. The molecule has 16 heavy (non-hydrogen) atoms. The maximum absolute atomic E-state index is 11.8. The number of hydrogen-bond donors (Lipinski definition) is 1. The van der Waals surface area contributed by atoms with E-state index in [1.807, 2.05) is 6.07 Å². The summed E-state index contributed by atoms with van der Waals surface area (Å²) in [7, 11) is 4.92. The largest absolute Gasteiger partial charge is 0.496 e. The van der Waals surface area contributed by atoms with Crippen molar-refractivity contribution in [1.29, 1.82) is 0 Å². The third kappa shape index (κ3) is 2.81. The predicted molar refractivity (Wildman–Crippen MR) is 62.0 cm³/mol. The highest BCUT2D eigenvalue weighted by atomic mass is 16.5. The summed E-state index contributed by atoms with van der Waals surface area (Å²) in [5, 5.41) is 2.84. The number of hydrogen-bond acceptors (Lipinski definition) is 4. The van der Waals surface area contributed by atoms with Crippen molar-refractivity contribution < 1.29 is 14.3 Å². The van der Waals surface area contributed by atoms with Crippen molar-refractivity contribution in [2.75, 3.05) is 27.8 Å². The fraction of sp³-hybridized carbons (Fsp3) is 0.417. The van der Waals surface area contributed by atoms with Crippen LogP contribution in [0, 0.1) is 0 Å². The maximum Gasteiger partial charge on any atom is 0.177 e. The molecule has 0 heterocycles. The summed E-state index contributed by atoms with van der Waals surface area (Å²) in [6.45, 7) is 0.679. The molecule has 4 heteroatoms. The minimum Gasteiger partial charge on any atom is -0.496 e. The minimum atomic E-state index is 0.0356. The molecule has 0 amide bonds. The molecule has 1 N–H and O–H groups in total. The fourth-order valence-electron chi connectivity index (χ4n) is 1.57. The summed E-state index contributed by atoms with van der Waals surface area (Å²) >= 11 is 0. The van der Waals surface area contributed by atoms with Gasteiger partial charge in [-0.2, -0.15) is 0 Å². The highest BCUT2D eigenvalue weighted by molar-refractivity contribution is 5.99. The van der Waals surface area contributed by atoms with E-state index in [-0.39, 0.29) is 5.78 Å². The fourth-order valence-corrected chi connectivity index (χ4v) is 1.57. The Bertz CT molecular complexity index is 363. The SMILES string of the molecule is CNCC(=O)c1cccc(OC)c1COC. The van der Waals surface area contributed by atoms with Crippen LogP contribution >= 0.6 is 0 Å². The molecular formula is C12H17NO3. The third-order valence-electron chi connectivity index (χ3n) is 2.28. The van der Waals surface area contributed by atoms with Crippen LogP contribution in [0.4, 0.5) is 0 Å². The van der Waals surface area contributed by atoms with E-state index in [1.54, 1.807) is 33.4 Å². The number of carbonyl (C=O) groups is 1. The lowest BCUT2D eigenvalue weighted by Gasteiger charge is -2.12. The number of ketones is 1. The molecule has 0 saturated heterocycles. The van der Waals surface area contributed by atoms with Crippen molar-refractivity contribution >= 4 is 5.78 Å². The van der Waals surface area contributed by atoms with Crippen LogP contribution in [0.2, 0.25) is 0 Å². The predicted octanol–water partition coefficient (Wildman–Crippen LogP) is 1.24. The summed E-state index contributed by atoms with van der Waals surface area (Å²) in [6.07, 6.45) is 0. The minimum absolute atomic E-state index is 0.0356. The number of rotatable bonds is 6. The first kappa shape index (κ1) is 12.7. The van der Waals surface area contributed by atoms with Gasteiger partial charge in [-0.05, 0) is 13.1 Å². The van der Waals surface area contributed by atoms with Gasteiger partial charge in [-0.15, -0.1) is 0 Å². The van der Waals surface area contributed by atoms with Gasteiger partial charge in [0.05, 0.1) is 20.3 Å². The van der Waals surface area contributed by atoms with Gasteiger partial charge in [0.1, 0.15) is 5.75 Å². The second kappa shape index (κ2) is 6.25. The zero-order chi connectivity index (χ0) is 12.0. The van der Waals surface area contributed by atoms with Crippen LogP contribution in [0.25, 0.3) is 0 Å². The number of nitrogens with one attached hydrogen (secondary N) is 1. The normalized spacial score (nSPS) is 10.2. The van der Waals surface area contributed by atoms with E-state index in [0.29, 0.717) is 24.5 Å². The molecule has 0 bridgehead atoms. The Morgan fingerprint density at radius 2 is 2.12 bits per heavy atom. The van der Waals surface area contributed by atoms with Crippen LogP contribution in [0.3, 0.4) is 0 Å². The molecule has 4 nitrogen and oxygen atoms in total. The molecule has 0 aromatic heterocycles. The highest BCUT2D eigenvalue weighted by Crippen LogP contribution is 2.23. The molecule has 0 aliphatic rings. The van der Waals surface area contributed by atoms with E-state index < -0.39 is 0 Å². The Kier molecular flexibility index (Phi) is 4.95. The molecule has 0 saturated carbocycles. The first-order chi connectivity index (χ1) is 7.74. The van der Waals surface area contributed by atoms with Gasteiger partial charge in [0.25, 0.3) is 0 Å². The summed E-state index contributed by atoms with van der Waals surface area (Å²) < 4.78 is 10.3. The molecule has 0 radical (unpaired) electrons. The van der Waals surface area contributed by atoms with Gasteiger partial charge < -0.3 is 14.8 Å². The van der Waals surface area contributed by atoms with Gasteiger partial charge >= 0.3 is 0 Å². The van der Waals surface area contributed by atoms with Crippen LogP contribution in [-0.4, -0.2) is 33.6 Å². The number of Topliss-reactive ketones (excluding diaryl/α,β-unsaturated/α-hetero) is 1. The topological polar surface area (TPSA) is 47.6 Å². The van der Waals surface area contributed by atoms with E-state index in [1.165, 1.54) is 0 Å². The number of ether oxygens (including phenoxy) is 2. The first-order valence-corrected chi connectivity index (χ1v) is 5.07. The van der Waals surface area contributed by atoms with E-state index in [9.17, 15) is 4.79 Å². The van der Waals surface area contributed by atoms with Crippen molar-refractivity contribution in [2.45, 2.75) is 6.61 Å². The van der Waals surface area contributed by atoms with Gasteiger partial charge in [0.2, 0.25) is 0 Å². The molecule has 1 aromatic rings. The molecule has 88 valence electrons. The molecule has 0 spiro atoms. The highest BCUT2D eigenvalue weighted by Gasteiger charge is 2.14. The van der Waals surface area contributed by atoms with Crippen LogP contribution < -0.4 is 10.1 Å². The Morgan fingerprint density at radius 3 is 2.69 bits per heavy atom. The van der Waals surface area contributed by atoms with Crippen molar-refractivity contribution in [1.82, 2.24) is 5.32 Å². The van der Waals surface area contributed by atoms with Crippen LogP contribution in [0.5, 0.6) is 5.75 Å². The van der Waals surface area contributed by atoms with E-state index in [0.717, 1.165) is 5.56 Å². The quantitative estimate of drug-likeness (QED) is 0.737. The monoisotopic (exact) mass is 223 g/mol. The first-order valence-electron chi connectivity index (χ1n) is 5.07. The maximum atomic E-state index is 11.8. The lowest BCUT2D eigenvalue weighted by Crippen LogP contribution is -2.20. The van der Waals surface area contributed by atoms with E-state index in [2.05, 4.69) is 5.32 Å². The second-order valence-corrected chi connectivity index (χ2v) is 3.37. The van der Waals surface area contributed by atoms with Crippen LogP contribution in [0.15, 0.2) is 18.2 Å². The third-order valence-corrected chi connectivity index (χ3v) is 2.28. The van der Waals surface area contributed by atoms with Gasteiger partial charge in [0, 0.05) is 18.2 Å². The summed E-state index contributed by atoms with van der Waals surface area (Å²) in [5.41, 5.74) is 1.45. The van der Waals surface area contributed by atoms with Gasteiger partial charge in [-0.3, -0.25) is 4.79 Å². The number of methoxy groups -OCH3 is 2. The van der Waals surface area contributed by atoms with Gasteiger partial charge in [-0.1, -0.05) is 12.1 Å². The standard InChI is InChI=1S/C12H17NO3/c1-13-7-11(14)9-5-4-6-12(16-3)10(9)8-15-2/h4-6,13H,7-8H2,1-3H3. The van der Waals surface area contributed by atoms with Crippen LogP contribution in [0.1, 0.15) is 15.9 Å². The number of carbonyl (C=O) groups excluding carboxylic acids is 1. The lowest BCUT2D eigenvalue weighted by atomic mass is 10.0. The van der Waals surface area contributed by atoms with E-state index >= 15 is 0 Å². The molecule has 0 atom stereocenters. The lowest BCUT2D eigenvalue weighted by molar-refractivity contribution is 0.0988. The summed E-state index contributed by atoms with van der Waals surface area (Å²) in [6, 6.07) is 5.42. The molecule has 1 aromatic carbocycles. The van der Waals surface area contributed by atoms with Crippen molar-refractivity contribution in [3.63, 3.8) is 0 Å². The zero-order valence-electron chi connectivity index (χ0n) is 9.87. The summed E-state index contributed by atoms with van der Waals surface area (Å²) in [4.78, 5) is 11.8. The Labute approximate surface area is 95.6 Å². The van der Waals surface area contributed by atoms with Gasteiger partial charge in [-0.25, -0.2) is 0 Å². The van der Waals surface area contributed by atoms with Crippen molar-refractivity contribution in [3.8, 4) is 5.75 Å². The van der Waals surface area contributed by atoms with Crippen molar-refractivity contribution in [3.05, 3.63) is 29.3 Å². The smallest absolute Gasteiger partial charge is 0.177 e. The molecule has 0 aliphatic carbocycles. The Morgan fingerprint density at radius 1 is 1.38 bits per heavy atom.